The van der Waals surface area contributed by atoms with Crippen molar-refractivity contribution in [3.63, 3.8) is 0 Å². The smallest absolute Gasteiger partial charge is 0.0893 e. The van der Waals surface area contributed by atoms with Crippen LogP contribution in [0.3, 0.4) is 0 Å². The Labute approximate surface area is 92.5 Å². The van der Waals surface area contributed by atoms with Gasteiger partial charge in [0.05, 0.1) is 5.69 Å². The Hall–Kier alpha value is -1.33. The van der Waals surface area contributed by atoms with Gasteiger partial charge in [0.25, 0.3) is 0 Å². The lowest BCUT2D eigenvalue weighted by Crippen LogP contribution is -2.18. The monoisotopic (exact) mass is 220 g/mol. The Morgan fingerprint density at radius 1 is 1.53 bits per heavy atom. The average Bonchev–Trinajstić information content (AvgIpc) is 2.80. The predicted octanol–water partition coefficient (Wildman–Crippen LogP) is 1.78. The summed E-state index contributed by atoms with van der Waals surface area (Å²) in [6, 6.07) is 4.28. The summed E-state index contributed by atoms with van der Waals surface area (Å²) in [5.74, 6) is 0. The van der Waals surface area contributed by atoms with Crippen molar-refractivity contribution in [1.82, 2.24) is 19.9 Å². The molecule has 2 aromatic heterocycles. The van der Waals surface area contributed by atoms with Crippen LogP contribution in [0.1, 0.15) is 24.2 Å². The Balaban J connectivity index is 1.90. The Morgan fingerprint density at radius 2 is 2.47 bits per heavy atom. The van der Waals surface area contributed by atoms with Gasteiger partial charge in [0, 0.05) is 30.4 Å². The van der Waals surface area contributed by atoms with Crippen molar-refractivity contribution in [2.24, 2.45) is 0 Å². The fourth-order valence-electron chi connectivity index (χ4n) is 1.27. The van der Waals surface area contributed by atoms with Crippen molar-refractivity contribution in [2.45, 2.75) is 19.5 Å². The summed E-state index contributed by atoms with van der Waals surface area (Å²) in [5.41, 5.74) is 2.16. The van der Waals surface area contributed by atoms with Gasteiger partial charge in [0.15, 0.2) is 0 Å². The van der Waals surface area contributed by atoms with E-state index in [0.29, 0.717) is 0 Å². The van der Waals surface area contributed by atoms with Gasteiger partial charge < -0.3 is 5.32 Å². The quantitative estimate of drug-likeness (QED) is 0.853. The second-order valence-electron chi connectivity index (χ2n) is 3.29. The zero-order chi connectivity index (χ0) is 10.5. The van der Waals surface area contributed by atoms with Gasteiger partial charge in [-0.2, -0.15) is 0 Å². The lowest BCUT2D eigenvalue weighted by molar-refractivity contribution is 0.565. The Kier molecular flexibility index (Phi) is 3.37. The van der Waals surface area contributed by atoms with E-state index in [0.717, 1.165) is 12.2 Å². The first-order chi connectivity index (χ1) is 7.36. The van der Waals surface area contributed by atoms with Gasteiger partial charge in [0.2, 0.25) is 0 Å². The topological polar surface area (TPSA) is 50.7 Å². The van der Waals surface area contributed by atoms with Crippen LogP contribution in [0.15, 0.2) is 29.9 Å². The third kappa shape index (κ3) is 2.81. The molecule has 0 radical (unpaired) electrons. The summed E-state index contributed by atoms with van der Waals surface area (Å²) in [4.78, 5) is 4.08. The Bertz CT molecular complexity index is 387. The van der Waals surface area contributed by atoms with E-state index in [1.807, 2.05) is 17.6 Å². The molecule has 0 spiro atoms. The fourth-order valence-corrected chi connectivity index (χ4v) is 1.72. The highest BCUT2D eigenvalue weighted by Crippen LogP contribution is 2.10. The summed E-state index contributed by atoms with van der Waals surface area (Å²) >= 11 is 1.37. The zero-order valence-electron chi connectivity index (χ0n) is 8.42. The van der Waals surface area contributed by atoms with Gasteiger partial charge in [-0.15, -0.1) is 5.10 Å². The van der Waals surface area contributed by atoms with Crippen LogP contribution in [0.5, 0.6) is 0 Å². The van der Waals surface area contributed by atoms with Crippen LogP contribution in [0.4, 0.5) is 0 Å². The second kappa shape index (κ2) is 4.95. The number of aromatic nitrogens is 3. The van der Waals surface area contributed by atoms with Crippen LogP contribution < -0.4 is 5.32 Å². The molecule has 1 unspecified atom stereocenters. The van der Waals surface area contributed by atoms with Crippen molar-refractivity contribution in [3.8, 4) is 0 Å². The van der Waals surface area contributed by atoms with Crippen LogP contribution in [0.25, 0.3) is 0 Å². The van der Waals surface area contributed by atoms with Crippen LogP contribution in [-0.2, 0) is 6.54 Å². The number of rotatable bonds is 4. The second-order valence-corrected chi connectivity index (χ2v) is 3.90. The van der Waals surface area contributed by atoms with Crippen molar-refractivity contribution >= 4 is 11.5 Å². The first-order valence-corrected chi connectivity index (χ1v) is 5.59. The van der Waals surface area contributed by atoms with E-state index in [2.05, 4.69) is 32.9 Å². The number of pyridine rings is 1. The van der Waals surface area contributed by atoms with Gasteiger partial charge in [-0.1, -0.05) is 10.6 Å². The number of nitrogens with one attached hydrogen (secondary N) is 1. The third-order valence-corrected chi connectivity index (χ3v) is 2.73. The van der Waals surface area contributed by atoms with Gasteiger partial charge >= 0.3 is 0 Å². The number of hydrogen-bond acceptors (Lipinski definition) is 5. The lowest BCUT2D eigenvalue weighted by Gasteiger charge is -2.12. The van der Waals surface area contributed by atoms with Crippen molar-refractivity contribution in [2.75, 3.05) is 0 Å². The molecule has 4 nitrogen and oxygen atoms in total. The molecule has 0 saturated heterocycles. The molecule has 0 fully saturated rings. The summed E-state index contributed by atoms with van der Waals surface area (Å²) in [7, 11) is 0. The largest absolute Gasteiger partial charge is 0.304 e. The normalized spacial score (nSPS) is 12.6. The minimum Gasteiger partial charge on any atom is -0.304 e. The fraction of sp³-hybridized carbons (Fsp3) is 0.300. The van der Waals surface area contributed by atoms with Gasteiger partial charge in [-0.3, -0.25) is 4.98 Å². The van der Waals surface area contributed by atoms with Gasteiger partial charge in [-0.05, 0) is 30.1 Å². The first kappa shape index (κ1) is 10.2. The van der Waals surface area contributed by atoms with E-state index >= 15 is 0 Å². The molecular weight excluding hydrogens is 208 g/mol. The highest BCUT2D eigenvalue weighted by atomic mass is 32.1. The SMILES string of the molecule is CC(NCc1csnn1)c1cccnc1. The molecule has 0 aliphatic rings. The third-order valence-electron chi connectivity index (χ3n) is 2.18. The maximum Gasteiger partial charge on any atom is 0.0893 e. The molecule has 2 aromatic rings. The van der Waals surface area contributed by atoms with E-state index in [1.54, 1.807) is 6.20 Å². The molecule has 0 amide bonds. The molecule has 5 heteroatoms. The molecule has 15 heavy (non-hydrogen) atoms. The standard InChI is InChI=1S/C10H12N4S/c1-8(9-3-2-4-11-5-9)12-6-10-7-15-14-13-10/h2-5,7-8,12H,6H2,1H3. The molecular formula is C10H12N4S. The van der Waals surface area contributed by atoms with Crippen LogP contribution >= 0.6 is 11.5 Å². The summed E-state index contributed by atoms with van der Waals surface area (Å²) < 4.78 is 3.81. The molecule has 2 heterocycles. The van der Waals surface area contributed by atoms with Crippen molar-refractivity contribution < 1.29 is 0 Å². The molecule has 0 bridgehead atoms. The van der Waals surface area contributed by atoms with Crippen LogP contribution in [0.2, 0.25) is 0 Å². The molecule has 78 valence electrons. The maximum atomic E-state index is 4.08. The first-order valence-electron chi connectivity index (χ1n) is 4.75. The minimum absolute atomic E-state index is 0.278. The molecule has 1 N–H and O–H groups in total. The van der Waals surface area contributed by atoms with Crippen molar-refractivity contribution in [3.05, 3.63) is 41.2 Å². The molecule has 0 aromatic carbocycles. The van der Waals surface area contributed by atoms with E-state index in [9.17, 15) is 0 Å². The van der Waals surface area contributed by atoms with E-state index < -0.39 is 0 Å². The number of nitrogens with zero attached hydrogens (tertiary/aromatic N) is 3. The molecule has 0 aliphatic carbocycles. The summed E-state index contributed by atoms with van der Waals surface area (Å²) in [6.07, 6.45) is 3.65. The molecule has 0 aliphatic heterocycles. The van der Waals surface area contributed by atoms with E-state index in [1.165, 1.54) is 17.1 Å². The van der Waals surface area contributed by atoms with E-state index in [4.69, 9.17) is 0 Å². The van der Waals surface area contributed by atoms with Crippen LogP contribution in [0, 0.1) is 0 Å². The molecule has 1 atom stereocenters. The van der Waals surface area contributed by atoms with Crippen LogP contribution in [-0.4, -0.2) is 14.6 Å². The zero-order valence-corrected chi connectivity index (χ0v) is 9.24. The molecule has 0 saturated carbocycles. The minimum atomic E-state index is 0.278. The predicted molar refractivity (Wildman–Crippen MR) is 59.4 cm³/mol. The highest BCUT2D eigenvalue weighted by molar-refractivity contribution is 7.03. The van der Waals surface area contributed by atoms with E-state index in [-0.39, 0.29) is 6.04 Å². The number of hydrogen-bond donors (Lipinski definition) is 1. The summed E-state index contributed by atoms with van der Waals surface area (Å²) in [5, 5.41) is 9.29. The molecule has 2 rings (SSSR count). The van der Waals surface area contributed by atoms with Crippen molar-refractivity contribution in [1.29, 1.82) is 0 Å². The lowest BCUT2D eigenvalue weighted by atomic mass is 10.1. The Morgan fingerprint density at radius 3 is 3.13 bits per heavy atom. The van der Waals surface area contributed by atoms with Gasteiger partial charge in [0.1, 0.15) is 0 Å². The summed E-state index contributed by atoms with van der Waals surface area (Å²) in [6.45, 7) is 2.85. The highest BCUT2D eigenvalue weighted by Gasteiger charge is 2.04. The average molecular weight is 220 g/mol. The maximum absolute atomic E-state index is 4.08. The van der Waals surface area contributed by atoms with Gasteiger partial charge in [-0.25, -0.2) is 0 Å².